The molecule has 1 aromatic carbocycles. The highest BCUT2D eigenvalue weighted by Crippen LogP contribution is 2.39. The number of nitrogens with one attached hydrogen (secondary N) is 1. The fraction of sp³-hybridized carbons (Fsp3) is 0.562. The summed E-state index contributed by atoms with van der Waals surface area (Å²) >= 11 is 0. The Morgan fingerprint density at radius 3 is 2.85 bits per heavy atom. The second-order valence-corrected chi connectivity index (χ2v) is 5.75. The maximum atomic E-state index is 12.0. The zero-order chi connectivity index (χ0) is 14.6. The van der Waals surface area contributed by atoms with Crippen molar-refractivity contribution in [3.8, 4) is 5.75 Å². The Morgan fingerprint density at radius 2 is 2.25 bits per heavy atom. The normalized spacial score (nSPS) is 17.4. The summed E-state index contributed by atoms with van der Waals surface area (Å²) in [5.41, 5.74) is 0.627. The summed E-state index contributed by atoms with van der Waals surface area (Å²) in [5.74, 6) is 1.23. The molecule has 1 atom stereocenters. The number of aliphatic hydroxyl groups excluding tert-OH is 1. The summed E-state index contributed by atoms with van der Waals surface area (Å²) in [7, 11) is 1.63. The fourth-order valence-corrected chi connectivity index (χ4v) is 2.46. The van der Waals surface area contributed by atoms with E-state index in [4.69, 9.17) is 4.74 Å². The van der Waals surface area contributed by atoms with Gasteiger partial charge in [0, 0.05) is 6.42 Å². The lowest BCUT2D eigenvalue weighted by Crippen LogP contribution is -2.50. The third-order valence-corrected chi connectivity index (χ3v) is 4.01. The first-order valence-electron chi connectivity index (χ1n) is 7.12. The van der Waals surface area contributed by atoms with Crippen molar-refractivity contribution in [1.82, 2.24) is 5.32 Å². The fourth-order valence-electron chi connectivity index (χ4n) is 2.46. The van der Waals surface area contributed by atoms with Crippen molar-refractivity contribution in [3.05, 3.63) is 29.8 Å². The van der Waals surface area contributed by atoms with E-state index in [9.17, 15) is 9.90 Å². The predicted molar refractivity (Wildman–Crippen MR) is 77.7 cm³/mol. The summed E-state index contributed by atoms with van der Waals surface area (Å²) in [6, 6.07) is 7.74. The molecule has 0 spiro atoms. The van der Waals surface area contributed by atoms with Gasteiger partial charge in [0.25, 0.3) is 0 Å². The minimum Gasteiger partial charge on any atom is -0.497 e. The lowest BCUT2D eigenvalue weighted by atomic mass is 9.96. The quantitative estimate of drug-likeness (QED) is 0.800. The molecule has 0 heterocycles. The van der Waals surface area contributed by atoms with Crippen LogP contribution in [0.2, 0.25) is 0 Å². The highest BCUT2D eigenvalue weighted by Gasteiger charge is 2.41. The van der Waals surface area contributed by atoms with Crippen LogP contribution >= 0.6 is 0 Å². The molecule has 1 fully saturated rings. The van der Waals surface area contributed by atoms with Crippen molar-refractivity contribution < 1.29 is 14.6 Å². The van der Waals surface area contributed by atoms with Crippen LogP contribution in [0.1, 0.15) is 31.7 Å². The zero-order valence-electron chi connectivity index (χ0n) is 12.2. The van der Waals surface area contributed by atoms with Crippen LogP contribution in [0.4, 0.5) is 0 Å². The van der Waals surface area contributed by atoms with Crippen LogP contribution in [0, 0.1) is 5.92 Å². The summed E-state index contributed by atoms with van der Waals surface area (Å²) in [4.78, 5) is 12.0. The molecular weight excluding hydrogens is 254 g/mol. The Morgan fingerprint density at radius 1 is 1.50 bits per heavy atom. The number of hydrogen-bond donors (Lipinski definition) is 2. The van der Waals surface area contributed by atoms with Crippen molar-refractivity contribution >= 4 is 5.91 Å². The van der Waals surface area contributed by atoms with E-state index in [1.165, 1.54) is 0 Å². The number of benzene rings is 1. The highest BCUT2D eigenvalue weighted by atomic mass is 16.5. The SMILES string of the molecule is COc1cccc(CCC(=O)NC(C)(CO)C2CC2)c1. The Kier molecular flexibility index (Phi) is 4.65. The van der Waals surface area contributed by atoms with Gasteiger partial charge >= 0.3 is 0 Å². The van der Waals surface area contributed by atoms with Gasteiger partial charge in [-0.3, -0.25) is 4.79 Å². The van der Waals surface area contributed by atoms with Crippen LogP contribution in [-0.2, 0) is 11.2 Å². The van der Waals surface area contributed by atoms with E-state index < -0.39 is 5.54 Å². The van der Waals surface area contributed by atoms with E-state index >= 15 is 0 Å². The second kappa shape index (κ2) is 6.27. The van der Waals surface area contributed by atoms with Gasteiger partial charge < -0.3 is 15.2 Å². The van der Waals surface area contributed by atoms with Crippen molar-refractivity contribution in [2.24, 2.45) is 5.92 Å². The van der Waals surface area contributed by atoms with E-state index in [2.05, 4.69) is 5.32 Å². The molecule has 1 aromatic rings. The summed E-state index contributed by atoms with van der Waals surface area (Å²) < 4.78 is 5.17. The van der Waals surface area contributed by atoms with E-state index in [0.29, 0.717) is 18.8 Å². The second-order valence-electron chi connectivity index (χ2n) is 5.75. The molecule has 1 amide bonds. The summed E-state index contributed by atoms with van der Waals surface area (Å²) in [5, 5.41) is 12.5. The number of carbonyl (C=O) groups is 1. The molecule has 1 aliphatic rings. The number of rotatable bonds is 7. The van der Waals surface area contributed by atoms with Gasteiger partial charge in [0.05, 0.1) is 19.3 Å². The molecule has 4 nitrogen and oxygen atoms in total. The Balaban J connectivity index is 1.85. The monoisotopic (exact) mass is 277 g/mol. The zero-order valence-corrected chi connectivity index (χ0v) is 12.2. The van der Waals surface area contributed by atoms with Gasteiger partial charge in [-0.25, -0.2) is 0 Å². The van der Waals surface area contributed by atoms with Gasteiger partial charge in [-0.05, 0) is 49.8 Å². The summed E-state index contributed by atoms with van der Waals surface area (Å²) in [6.45, 7) is 1.93. The number of aliphatic hydroxyl groups is 1. The summed E-state index contributed by atoms with van der Waals surface area (Å²) in [6.07, 6.45) is 3.28. The lowest BCUT2D eigenvalue weighted by Gasteiger charge is -2.28. The minimum absolute atomic E-state index is 0.00255. The maximum Gasteiger partial charge on any atom is 0.220 e. The number of ether oxygens (including phenoxy) is 1. The first kappa shape index (κ1) is 14.9. The number of hydrogen-bond acceptors (Lipinski definition) is 3. The van der Waals surface area contributed by atoms with Crippen LogP contribution in [0.3, 0.4) is 0 Å². The standard InChI is InChI=1S/C16H23NO3/c1-16(11-18,13-7-8-13)17-15(19)9-6-12-4-3-5-14(10-12)20-2/h3-5,10,13,18H,6-9,11H2,1-2H3,(H,17,19). The predicted octanol–water partition coefficient (Wildman–Crippen LogP) is 1.90. The van der Waals surface area contributed by atoms with Gasteiger partial charge in [0.1, 0.15) is 5.75 Å². The third-order valence-electron chi connectivity index (χ3n) is 4.01. The van der Waals surface area contributed by atoms with Gasteiger partial charge in [0.15, 0.2) is 0 Å². The maximum absolute atomic E-state index is 12.0. The number of carbonyl (C=O) groups excluding carboxylic acids is 1. The van der Waals surface area contributed by atoms with Crippen molar-refractivity contribution in [3.63, 3.8) is 0 Å². The largest absolute Gasteiger partial charge is 0.497 e. The first-order valence-corrected chi connectivity index (χ1v) is 7.12. The average molecular weight is 277 g/mol. The Bertz CT molecular complexity index is 471. The average Bonchev–Trinajstić information content (AvgIpc) is 3.30. The Hall–Kier alpha value is -1.55. The van der Waals surface area contributed by atoms with Crippen molar-refractivity contribution in [2.75, 3.05) is 13.7 Å². The van der Waals surface area contributed by atoms with E-state index in [-0.39, 0.29) is 12.5 Å². The van der Waals surface area contributed by atoms with Crippen LogP contribution in [0.15, 0.2) is 24.3 Å². The van der Waals surface area contributed by atoms with E-state index in [1.54, 1.807) is 7.11 Å². The molecule has 0 radical (unpaired) electrons. The smallest absolute Gasteiger partial charge is 0.220 e. The molecule has 110 valence electrons. The van der Waals surface area contributed by atoms with Gasteiger partial charge in [-0.15, -0.1) is 0 Å². The molecule has 1 unspecified atom stereocenters. The number of methoxy groups -OCH3 is 1. The molecule has 4 heteroatoms. The van der Waals surface area contributed by atoms with Crippen LogP contribution in [0.25, 0.3) is 0 Å². The van der Waals surface area contributed by atoms with Crippen molar-refractivity contribution in [2.45, 2.75) is 38.1 Å². The molecular formula is C16H23NO3. The van der Waals surface area contributed by atoms with E-state index in [0.717, 1.165) is 24.2 Å². The minimum atomic E-state index is -0.453. The molecule has 0 bridgehead atoms. The van der Waals surface area contributed by atoms with Crippen molar-refractivity contribution in [1.29, 1.82) is 0 Å². The molecule has 20 heavy (non-hydrogen) atoms. The van der Waals surface area contributed by atoms with Crippen LogP contribution in [0.5, 0.6) is 5.75 Å². The topological polar surface area (TPSA) is 58.6 Å². The van der Waals surface area contributed by atoms with Gasteiger partial charge in [-0.2, -0.15) is 0 Å². The Labute approximate surface area is 120 Å². The molecule has 0 aliphatic heterocycles. The van der Waals surface area contributed by atoms with Crippen LogP contribution < -0.4 is 10.1 Å². The third kappa shape index (κ3) is 3.73. The first-order chi connectivity index (χ1) is 9.57. The molecule has 1 aliphatic carbocycles. The van der Waals surface area contributed by atoms with E-state index in [1.807, 2.05) is 31.2 Å². The number of aryl methyl sites for hydroxylation is 1. The lowest BCUT2D eigenvalue weighted by molar-refractivity contribution is -0.123. The number of amides is 1. The molecule has 0 aromatic heterocycles. The highest BCUT2D eigenvalue weighted by molar-refractivity contribution is 5.77. The molecule has 2 N–H and O–H groups in total. The van der Waals surface area contributed by atoms with Crippen LogP contribution in [-0.4, -0.2) is 30.3 Å². The van der Waals surface area contributed by atoms with Gasteiger partial charge in [-0.1, -0.05) is 12.1 Å². The molecule has 1 saturated carbocycles. The van der Waals surface area contributed by atoms with Gasteiger partial charge in [0.2, 0.25) is 5.91 Å². The molecule has 0 saturated heterocycles. The molecule has 2 rings (SSSR count).